The number of halogens is 1. The van der Waals surface area contributed by atoms with E-state index in [2.05, 4.69) is 5.32 Å². The smallest absolute Gasteiger partial charge is 0.255 e. The van der Waals surface area contributed by atoms with Gasteiger partial charge in [0.2, 0.25) is 5.91 Å². The Kier molecular flexibility index (Phi) is 8.15. The van der Waals surface area contributed by atoms with Crippen molar-refractivity contribution in [3.8, 4) is 17.2 Å². The number of anilines is 1. The second-order valence-corrected chi connectivity index (χ2v) is 9.11. The first-order valence-electron chi connectivity index (χ1n) is 10.2. The molecule has 7 nitrogen and oxygen atoms in total. The molecule has 1 aliphatic heterocycles. The van der Waals surface area contributed by atoms with Gasteiger partial charge in [0.05, 0.1) is 31.7 Å². The van der Waals surface area contributed by atoms with Crippen molar-refractivity contribution >= 4 is 40.9 Å². The minimum atomic E-state index is -0.601. The van der Waals surface area contributed by atoms with Crippen molar-refractivity contribution in [2.24, 2.45) is 5.92 Å². The Bertz CT molecular complexity index is 968. The lowest BCUT2D eigenvalue weighted by atomic mass is 10.1. The number of benzene rings is 2. The maximum atomic E-state index is 13.3. The van der Waals surface area contributed by atoms with Crippen LogP contribution in [0.1, 0.15) is 24.2 Å². The number of carbonyl (C=O) groups excluding carboxylic acids is 2. The van der Waals surface area contributed by atoms with Crippen LogP contribution in [0.2, 0.25) is 5.02 Å². The topological polar surface area (TPSA) is 77.1 Å². The van der Waals surface area contributed by atoms with Crippen LogP contribution in [-0.4, -0.2) is 55.2 Å². The third kappa shape index (κ3) is 5.61. The van der Waals surface area contributed by atoms with Crippen LogP contribution in [0.4, 0.5) is 5.69 Å². The predicted octanol–water partition coefficient (Wildman–Crippen LogP) is 4.55. The summed E-state index contributed by atoms with van der Waals surface area (Å²) in [5.41, 5.74) is 0.977. The molecule has 2 aromatic carbocycles. The molecule has 1 unspecified atom stereocenters. The van der Waals surface area contributed by atoms with Gasteiger partial charge in [0.25, 0.3) is 5.91 Å². The third-order valence-corrected chi connectivity index (χ3v) is 6.13. The Hall–Kier alpha value is -2.58. The van der Waals surface area contributed by atoms with Gasteiger partial charge in [-0.25, -0.2) is 0 Å². The molecule has 0 radical (unpaired) electrons. The van der Waals surface area contributed by atoms with E-state index in [1.54, 1.807) is 48.4 Å². The van der Waals surface area contributed by atoms with Crippen molar-refractivity contribution in [1.82, 2.24) is 4.90 Å². The molecule has 1 N–H and O–H groups in total. The van der Waals surface area contributed by atoms with Gasteiger partial charge >= 0.3 is 0 Å². The normalized spacial score (nSPS) is 15.6. The Labute approximate surface area is 197 Å². The highest BCUT2D eigenvalue weighted by atomic mass is 35.5. The summed E-state index contributed by atoms with van der Waals surface area (Å²) < 4.78 is 16.3. The molecule has 3 rings (SSSR count). The molecule has 2 aromatic rings. The first-order chi connectivity index (χ1) is 15.3. The number of nitrogens with one attached hydrogen (secondary N) is 1. The molecule has 0 bridgehead atoms. The second-order valence-electron chi connectivity index (χ2n) is 7.70. The van der Waals surface area contributed by atoms with Crippen LogP contribution in [0.15, 0.2) is 36.4 Å². The van der Waals surface area contributed by atoms with Crippen molar-refractivity contribution in [3.63, 3.8) is 0 Å². The van der Waals surface area contributed by atoms with E-state index >= 15 is 0 Å². The van der Waals surface area contributed by atoms with Gasteiger partial charge in [-0.15, -0.1) is 11.8 Å². The Morgan fingerprint density at radius 2 is 1.91 bits per heavy atom. The zero-order valence-electron chi connectivity index (χ0n) is 18.5. The van der Waals surface area contributed by atoms with E-state index < -0.39 is 6.04 Å². The molecule has 1 heterocycles. The summed E-state index contributed by atoms with van der Waals surface area (Å²) in [4.78, 5) is 27.7. The molecule has 0 aliphatic carbocycles. The van der Waals surface area contributed by atoms with Gasteiger partial charge < -0.3 is 24.4 Å². The summed E-state index contributed by atoms with van der Waals surface area (Å²) in [5, 5.41) is 3.16. The molecular weight excluding hydrogens is 452 g/mol. The van der Waals surface area contributed by atoms with Crippen LogP contribution in [-0.2, 0) is 4.79 Å². The minimum Gasteiger partial charge on any atom is -0.497 e. The van der Waals surface area contributed by atoms with Crippen LogP contribution in [0, 0.1) is 5.92 Å². The summed E-state index contributed by atoms with van der Waals surface area (Å²) in [6, 6.07) is 9.60. The molecule has 1 aliphatic rings. The van der Waals surface area contributed by atoms with Crippen molar-refractivity contribution in [2.45, 2.75) is 19.9 Å². The van der Waals surface area contributed by atoms with E-state index in [0.717, 1.165) is 0 Å². The number of hydrogen-bond donors (Lipinski definition) is 1. The number of hydrogen-bond acceptors (Lipinski definition) is 6. The van der Waals surface area contributed by atoms with Crippen molar-refractivity contribution < 1.29 is 23.8 Å². The molecule has 0 spiro atoms. The number of rotatable bonds is 8. The molecule has 9 heteroatoms. The summed E-state index contributed by atoms with van der Waals surface area (Å²) in [5.74, 6) is 2.17. The summed E-state index contributed by atoms with van der Waals surface area (Å²) in [6.45, 7) is 4.53. The Morgan fingerprint density at radius 3 is 2.53 bits per heavy atom. The molecule has 2 amide bonds. The van der Waals surface area contributed by atoms with Gasteiger partial charge in [0.1, 0.15) is 11.8 Å². The zero-order chi connectivity index (χ0) is 23.3. The van der Waals surface area contributed by atoms with E-state index in [1.165, 1.54) is 18.9 Å². The van der Waals surface area contributed by atoms with Gasteiger partial charge in [-0.1, -0.05) is 25.4 Å². The lowest BCUT2D eigenvalue weighted by Crippen LogP contribution is -2.44. The summed E-state index contributed by atoms with van der Waals surface area (Å²) in [6.07, 6.45) is 0. The number of carbonyl (C=O) groups is 2. The fourth-order valence-corrected chi connectivity index (χ4v) is 4.58. The highest BCUT2D eigenvalue weighted by Crippen LogP contribution is 2.37. The van der Waals surface area contributed by atoms with Crippen LogP contribution in [0.25, 0.3) is 0 Å². The average Bonchev–Trinajstić information content (AvgIpc) is 3.27. The van der Waals surface area contributed by atoms with Gasteiger partial charge in [0, 0.05) is 17.0 Å². The number of nitrogens with zero attached hydrogens (tertiary/aromatic N) is 1. The fraction of sp³-hybridized carbons (Fsp3) is 0.391. The van der Waals surface area contributed by atoms with Gasteiger partial charge in [-0.2, -0.15) is 0 Å². The van der Waals surface area contributed by atoms with Crippen molar-refractivity contribution in [3.05, 3.63) is 47.0 Å². The lowest BCUT2D eigenvalue weighted by molar-refractivity contribution is -0.119. The lowest BCUT2D eigenvalue weighted by Gasteiger charge is -2.24. The predicted molar refractivity (Wildman–Crippen MR) is 127 cm³/mol. The van der Waals surface area contributed by atoms with Crippen LogP contribution in [0.3, 0.4) is 0 Å². The second kappa shape index (κ2) is 10.8. The number of methoxy groups -OCH3 is 2. The molecule has 1 saturated heterocycles. The number of amides is 2. The van der Waals surface area contributed by atoms with E-state index in [0.29, 0.717) is 57.7 Å². The SMILES string of the molecule is COc1ccc(NC(=O)C2CSCN2C(=O)c2cc(Cl)c(OCC(C)C)c(OC)c2)cc1. The van der Waals surface area contributed by atoms with Gasteiger partial charge in [-0.3, -0.25) is 9.59 Å². The summed E-state index contributed by atoms with van der Waals surface area (Å²) in [7, 11) is 3.08. The molecule has 32 heavy (non-hydrogen) atoms. The first-order valence-corrected chi connectivity index (χ1v) is 11.7. The maximum absolute atomic E-state index is 13.3. The van der Waals surface area contributed by atoms with Gasteiger partial charge in [-0.05, 0) is 42.3 Å². The molecule has 1 fully saturated rings. The van der Waals surface area contributed by atoms with E-state index in [9.17, 15) is 9.59 Å². The summed E-state index contributed by atoms with van der Waals surface area (Å²) >= 11 is 7.93. The van der Waals surface area contributed by atoms with E-state index in [-0.39, 0.29) is 11.8 Å². The largest absolute Gasteiger partial charge is 0.497 e. The highest BCUT2D eigenvalue weighted by molar-refractivity contribution is 7.99. The molecular formula is C23H27ClN2O5S. The highest BCUT2D eigenvalue weighted by Gasteiger charge is 2.35. The maximum Gasteiger partial charge on any atom is 0.255 e. The van der Waals surface area contributed by atoms with Crippen LogP contribution >= 0.6 is 23.4 Å². The first kappa shape index (κ1) is 24.1. The van der Waals surface area contributed by atoms with E-state index in [4.69, 9.17) is 25.8 Å². The van der Waals surface area contributed by atoms with Crippen LogP contribution in [0.5, 0.6) is 17.2 Å². The van der Waals surface area contributed by atoms with Crippen molar-refractivity contribution in [1.29, 1.82) is 0 Å². The minimum absolute atomic E-state index is 0.247. The van der Waals surface area contributed by atoms with Crippen LogP contribution < -0.4 is 19.5 Å². The Morgan fingerprint density at radius 1 is 1.19 bits per heavy atom. The molecule has 172 valence electrons. The number of thioether (sulfide) groups is 1. The van der Waals surface area contributed by atoms with E-state index in [1.807, 2.05) is 13.8 Å². The van der Waals surface area contributed by atoms with Gasteiger partial charge in [0.15, 0.2) is 11.5 Å². The zero-order valence-corrected chi connectivity index (χ0v) is 20.1. The fourth-order valence-electron chi connectivity index (χ4n) is 3.16. The molecule has 0 saturated carbocycles. The number of ether oxygens (including phenoxy) is 3. The Balaban J connectivity index is 1.76. The monoisotopic (exact) mass is 478 g/mol. The molecule has 0 aromatic heterocycles. The average molecular weight is 479 g/mol. The molecule has 1 atom stereocenters. The standard InChI is InChI=1S/C23H27ClN2O5S/c1-14(2)11-31-21-18(24)9-15(10-20(21)30-4)23(28)26-13-32-12-19(26)22(27)25-16-5-7-17(29-3)8-6-16/h5-10,14,19H,11-13H2,1-4H3,(H,25,27). The quantitative estimate of drug-likeness (QED) is 0.600. The third-order valence-electron chi connectivity index (χ3n) is 4.84. The van der Waals surface area contributed by atoms with Crippen molar-refractivity contribution in [2.75, 3.05) is 37.8 Å².